The normalized spacial score (nSPS) is 18.2. The molecule has 1 aromatic carbocycles. The molecule has 1 aliphatic carbocycles. The first kappa shape index (κ1) is 17.5. The summed E-state index contributed by atoms with van der Waals surface area (Å²) in [5, 5.41) is 2.92. The molecule has 1 heterocycles. The summed E-state index contributed by atoms with van der Waals surface area (Å²) in [6.07, 6.45) is 6.83. The van der Waals surface area contributed by atoms with Crippen molar-refractivity contribution in [1.82, 2.24) is 5.32 Å². The van der Waals surface area contributed by atoms with E-state index >= 15 is 0 Å². The number of anilines is 1. The Labute approximate surface area is 147 Å². The van der Waals surface area contributed by atoms with E-state index in [9.17, 15) is 14.4 Å². The molecule has 2 fully saturated rings. The standard InChI is InChI=1S/C19H24N2O4/c22-17(20-15-7-2-1-3-8-15)13-25-19(24)14-6-4-9-16(12-14)21-11-5-10-18(21)23/h4,6,9,12,15H,1-3,5,7-8,10-11,13H2,(H,20,22). The van der Waals surface area contributed by atoms with Crippen molar-refractivity contribution in [3.8, 4) is 0 Å². The van der Waals surface area contributed by atoms with Gasteiger partial charge in [0, 0.05) is 24.7 Å². The molecule has 1 aromatic rings. The molecule has 0 unspecified atom stereocenters. The molecule has 25 heavy (non-hydrogen) atoms. The minimum atomic E-state index is -0.549. The molecule has 1 saturated heterocycles. The predicted molar refractivity (Wildman–Crippen MR) is 93.3 cm³/mol. The number of rotatable bonds is 5. The van der Waals surface area contributed by atoms with Gasteiger partial charge in [-0.1, -0.05) is 25.3 Å². The van der Waals surface area contributed by atoms with Gasteiger partial charge >= 0.3 is 5.97 Å². The first-order chi connectivity index (χ1) is 12.1. The average Bonchev–Trinajstić information content (AvgIpc) is 3.06. The first-order valence-electron chi connectivity index (χ1n) is 9.00. The van der Waals surface area contributed by atoms with Gasteiger partial charge in [-0.05, 0) is 37.5 Å². The second kappa shape index (κ2) is 8.14. The van der Waals surface area contributed by atoms with E-state index < -0.39 is 5.97 Å². The van der Waals surface area contributed by atoms with Gasteiger partial charge in [0.2, 0.25) is 5.91 Å². The van der Waals surface area contributed by atoms with Gasteiger partial charge in [-0.2, -0.15) is 0 Å². The number of nitrogens with zero attached hydrogens (tertiary/aromatic N) is 1. The van der Waals surface area contributed by atoms with Crippen LogP contribution < -0.4 is 10.2 Å². The van der Waals surface area contributed by atoms with Gasteiger partial charge in [0.05, 0.1) is 5.56 Å². The van der Waals surface area contributed by atoms with Crippen molar-refractivity contribution < 1.29 is 19.1 Å². The Balaban J connectivity index is 1.52. The highest BCUT2D eigenvalue weighted by Crippen LogP contribution is 2.22. The largest absolute Gasteiger partial charge is 0.452 e. The fourth-order valence-electron chi connectivity index (χ4n) is 3.45. The molecule has 1 saturated carbocycles. The summed E-state index contributed by atoms with van der Waals surface area (Å²) in [6, 6.07) is 7.00. The van der Waals surface area contributed by atoms with Gasteiger partial charge in [-0.25, -0.2) is 4.79 Å². The summed E-state index contributed by atoms with van der Waals surface area (Å²) in [5.74, 6) is -0.740. The Morgan fingerprint density at radius 3 is 2.68 bits per heavy atom. The number of esters is 1. The molecule has 2 amide bonds. The van der Waals surface area contributed by atoms with E-state index in [1.54, 1.807) is 29.2 Å². The molecule has 0 bridgehead atoms. The van der Waals surface area contributed by atoms with Crippen LogP contribution >= 0.6 is 0 Å². The van der Waals surface area contributed by atoms with E-state index in [1.807, 2.05) is 0 Å². The maximum absolute atomic E-state index is 12.2. The van der Waals surface area contributed by atoms with Crippen LogP contribution in [0.2, 0.25) is 0 Å². The number of ether oxygens (including phenoxy) is 1. The van der Waals surface area contributed by atoms with Crippen molar-refractivity contribution in [1.29, 1.82) is 0 Å². The molecule has 1 N–H and O–H groups in total. The fourth-order valence-corrected chi connectivity index (χ4v) is 3.45. The van der Waals surface area contributed by atoms with Crippen LogP contribution in [0.1, 0.15) is 55.3 Å². The summed E-state index contributed by atoms with van der Waals surface area (Å²) >= 11 is 0. The lowest BCUT2D eigenvalue weighted by Crippen LogP contribution is -2.38. The summed E-state index contributed by atoms with van der Waals surface area (Å²) in [5.41, 5.74) is 1.05. The monoisotopic (exact) mass is 344 g/mol. The molecule has 6 heteroatoms. The smallest absolute Gasteiger partial charge is 0.338 e. The zero-order chi connectivity index (χ0) is 17.6. The molecule has 0 aromatic heterocycles. The molecular weight excluding hydrogens is 320 g/mol. The van der Waals surface area contributed by atoms with E-state index in [-0.39, 0.29) is 24.5 Å². The van der Waals surface area contributed by atoms with Crippen LogP contribution in [0, 0.1) is 0 Å². The lowest BCUT2D eigenvalue weighted by molar-refractivity contribution is -0.125. The van der Waals surface area contributed by atoms with Crippen molar-refractivity contribution in [2.75, 3.05) is 18.1 Å². The Hall–Kier alpha value is -2.37. The minimum absolute atomic E-state index is 0.0670. The molecule has 134 valence electrons. The van der Waals surface area contributed by atoms with Crippen LogP contribution in [0.5, 0.6) is 0 Å². The SMILES string of the molecule is O=C(COC(=O)c1cccc(N2CCCC2=O)c1)NC1CCCCC1. The topological polar surface area (TPSA) is 75.7 Å². The number of hydrogen-bond acceptors (Lipinski definition) is 4. The summed E-state index contributed by atoms with van der Waals surface area (Å²) in [7, 11) is 0. The molecule has 0 atom stereocenters. The van der Waals surface area contributed by atoms with Crippen LogP contribution in [0.25, 0.3) is 0 Å². The van der Waals surface area contributed by atoms with Crippen LogP contribution in [0.4, 0.5) is 5.69 Å². The maximum Gasteiger partial charge on any atom is 0.338 e. The zero-order valence-electron chi connectivity index (χ0n) is 14.3. The Morgan fingerprint density at radius 1 is 1.16 bits per heavy atom. The van der Waals surface area contributed by atoms with Crippen LogP contribution in [-0.2, 0) is 14.3 Å². The molecule has 2 aliphatic rings. The minimum Gasteiger partial charge on any atom is -0.452 e. The first-order valence-corrected chi connectivity index (χ1v) is 9.00. The second-order valence-corrected chi connectivity index (χ2v) is 6.68. The highest BCUT2D eigenvalue weighted by Gasteiger charge is 2.23. The van der Waals surface area contributed by atoms with Crippen LogP contribution in [0.15, 0.2) is 24.3 Å². The molecule has 3 rings (SSSR count). The zero-order valence-corrected chi connectivity index (χ0v) is 14.3. The summed E-state index contributed by atoms with van der Waals surface area (Å²) in [6.45, 7) is 0.392. The number of carbonyl (C=O) groups excluding carboxylic acids is 3. The molecule has 1 aliphatic heterocycles. The Kier molecular flexibility index (Phi) is 5.68. The van der Waals surface area contributed by atoms with Crippen molar-refractivity contribution in [3.63, 3.8) is 0 Å². The Morgan fingerprint density at radius 2 is 1.96 bits per heavy atom. The van der Waals surface area contributed by atoms with Gasteiger partial charge in [-0.15, -0.1) is 0 Å². The third-order valence-corrected chi connectivity index (χ3v) is 4.77. The average molecular weight is 344 g/mol. The number of nitrogens with one attached hydrogen (secondary N) is 1. The van der Waals surface area contributed by atoms with E-state index in [2.05, 4.69) is 5.32 Å². The van der Waals surface area contributed by atoms with Crippen molar-refractivity contribution in [3.05, 3.63) is 29.8 Å². The quantitative estimate of drug-likeness (QED) is 0.833. The van der Waals surface area contributed by atoms with Crippen LogP contribution in [-0.4, -0.2) is 37.0 Å². The predicted octanol–water partition coefficient (Wildman–Crippen LogP) is 2.42. The van der Waals surface area contributed by atoms with Crippen molar-refractivity contribution >= 4 is 23.5 Å². The lowest BCUT2D eigenvalue weighted by atomic mass is 9.95. The molecular formula is C19H24N2O4. The van der Waals surface area contributed by atoms with Gasteiger partial charge < -0.3 is 15.0 Å². The van der Waals surface area contributed by atoms with Crippen molar-refractivity contribution in [2.24, 2.45) is 0 Å². The number of amides is 2. The summed E-state index contributed by atoms with van der Waals surface area (Å²) in [4.78, 5) is 37.6. The van der Waals surface area contributed by atoms with Gasteiger partial charge in [0.25, 0.3) is 5.91 Å². The van der Waals surface area contributed by atoms with E-state index in [1.165, 1.54) is 6.42 Å². The van der Waals surface area contributed by atoms with E-state index in [0.29, 0.717) is 24.2 Å². The maximum atomic E-state index is 12.2. The lowest BCUT2D eigenvalue weighted by Gasteiger charge is -2.22. The molecule has 0 spiro atoms. The van der Waals surface area contributed by atoms with Gasteiger partial charge in [0.15, 0.2) is 6.61 Å². The van der Waals surface area contributed by atoms with Crippen molar-refractivity contribution in [2.45, 2.75) is 51.0 Å². The van der Waals surface area contributed by atoms with Gasteiger partial charge in [-0.3, -0.25) is 9.59 Å². The fraction of sp³-hybridized carbons (Fsp3) is 0.526. The van der Waals surface area contributed by atoms with E-state index in [4.69, 9.17) is 4.74 Å². The molecule has 6 nitrogen and oxygen atoms in total. The highest BCUT2D eigenvalue weighted by atomic mass is 16.5. The highest BCUT2D eigenvalue weighted by molar-refractivity contribution is 5.97. The third kappa shape index (κ3) is 4.59. The second-order valence-electron chi connectivity index (χ2n) is 6.68. The molecule has 0 radical (unpaired) electrons. The van der Waals surface area contributed by atoms with E-state index in [0.717, 1.165) is 32.1 Å². The number of carbonyl (C=O) groups is 3. The number of hydrogen-bond donors (Lipinski definition) is 1. The van der Waals surface area contributed by atoms with Crippen LogP contribution in [0.3, 0.4) is 0 Å². The number of benzene rings is 1. The Bertz CT molecular complexity index is 653. The van der Waals surface area contributed by atoms with Gasteiger partial charge in [0.1, 0.15) is 0 Å². The third-order valence-electron chi connectivity index (χ3n) is 4.77. The summed E-state index contributed by atoms with van der Waals surface area (Å²) < 4.78 is 5.12.